The molecule has 19 heavy (non-hydrogen) atoms. The van der Waals surface area contributed by atoms with Gasteiger partial charge < -0.3 is 5.73 Å². The third-order valence-corrected chi connectivity index (χ3v) is 4.16. The molecule has 1 heterocycles. The lowest BCUT2D eigenvalue weighted by Gasteiger charge is -2.09. The number of hydrogen-bond donors (Lipinski definition) is 1. The van der Waals surface area contributed by atoms with Crippen molar-refractivity contribution in [3.05, 3.63) is 66.5 Å². The van der Waals surface area contributed by atoms with Gasteiger partial charge in [-0.25, -0.2) is 0 Å². The van der Waals surface area contributed by atoms with Crippen molar-refractivity contribution in [3.8, 4) is 0 Å². The topological polar surface area (TPSA) is 38.9 Å². The van der Waals surface area contributed by atoms with Crippen molar-refractivity contribution in [3.63, 3.8) is 0 Å². The maximum atomic E-state index is 5.80. The van der Waals surface area contributed by atoms with Crippen molar-refractivity contribution in [2.45, 2.75) is 16.3 Å². The molecule has 0 atom stereocenters. The Hall–Kier alpha value is -1.84. The van der Waals surface area contributed by atoms with Crippen LogP contribution in [0.2, 0.25) is 0 Å². The summed E-state index contributed by atoms with van der Waals surface area (Å²) in [4.78, 5) is 6.49. The number of rotatable bonds is 3. The highest BCUT2D eigenvalue weighted by Crippen LogP contribution is 2.34. The van der Waals surface area contributed by atoms with Gasteiger partial charge in [-0.05, 0) is 34.5 Å². The molecule has 3 rings (SSSR count). The van der Waals surface area contributed by atoms with Crippen molar-refractivity contribution in [2.24, 2.45) is 5.73 Å². The number of aromatic nitrogens is 1. The molecule has 0 aliphatic carbocycles. The van der Waals surface area contributed by atoms with Gasteiger partial charge in [-0.15, -0.1) is 0 Å². The number of nitrogens with zero attached hydrogens (tertiary/aromatic N) is 1. The van der Waals surface area contributed by atoms with Gasteiger partial charge in [0.25, 0.3) is 0 Å². The summed E-state index contributed by atoms with van der Waals surface area (Å²) in [5.74, 6) is 0. The molecular weight excluding hydrogens is 252 g/mol. The smallest absolute Gasteiger partial charge is 0.0279 e. The van der Waals surface area contributed by atoms with E-state index in [4.69, 9.17) is 5.73 Å². The van der Waals surface area contributed by atoms with Crippen LogP contribution in [0.25, 0.3) is 10.8 Å². The van der Waals surface area contributed by atoms with E-state index in [0.29, 0.717) is 6.54 Å². The first-order valence-electron chi connectivity index (χ1n) is 6.17. The quantitative estimate of drug-likeness (QED) is 0.782. The molecule has 2 nitrogen and oxygen atoms in total. The molecular formula is C16H14N2S. The van der Waals surface area contributed by atoms with Crippen LogP contribution in [0.3, 0.4) is 0 Å². The normalized spacial score (nSPS) is 10.8. The average Bonchev–Trinajstić information content (AvgIpc) is 2.49. The molecule has 0 saturated carbocycles. The molecule has 0 bridgehead atoms. The number of nitrogens with two attached hydrogens (primary N) is 1. The lowest BCUT2D eigenvalue weighted by molar-refractivity contribution is 1.08. The fourth-order valence-corrected chi connectivity index (χ4v) is 3.07. The van der Waals surface area contributed by atoms with Crippen molar-refractivity contribution in [2.75, 3.05) is 0 Å². The molecule has 2 aromatic carbocycles. The van der Waals surface area contributed by atoms with Gasteiger partial charge in [0.1, 0.15) is 0 Å². The summed E-state index contributed by atoms with van der Waals surface area (Å²) in [7, 11) is 0. The zero-order chi connectivity index (χ0) is 13.1. The van der Waals surface area contributed by atoms with Crippen LogP contribution >= 0.6 is 11.8 Å². The molecule has 3 heteroatoms. The van der Waals surface area contributed by atoms with E-state index in [0.717, 1.165) is 0 Å². The fraction of sp³-hybridized carbons (Fsp3) is 0.0625. The second kappa shape index (κ2) is 5.43. The van der Waals surface area contributed by atoms with Crippen LogP contribution in [0.4, 0.5) is 0 Å². The van der Waals surface area contributed by atoms with Crippen LogP contribution in [0, 0.1) is 0 Å². The molecule has 94 valence electrons. The Bertz CT molecular complexity index is 695. The van der Waals surface area contributed by atoms with Gasteiger partial charge in [0.05, 0.1) is 0 Å². The summed E-state index contributed by atoms with van der Waals surface area (Å²) in [6, 6.07) is 16.7. The minimum Gasteiger partial charge on any atom is -0.326 e. The summed E-state index contributed by atoms with van der Waals surface area (Å²) in [5, 5.41) is 2.50. The molecule has 0 aliphatic heterocycles. The molecule has 0 unspecified atom stereocenters. The van der Waals surface area contributed by atoms with E-state index in [9.17, 15) is 0 Å². The number of benzene rings is 2. The van der Waals surface area contributed by atoms with Gasteiger partial charge in [0, 0.05) is 28.7 Å². The van der Waals surface area contributed by atoms with Crippen LogP contribution < -0.4 is 5.73 Å². The molecule has 0 fully saturated rings. The van der Waals surface area contributed by atoms with Crippen molar-refractivity contribution in [1.29, 1.82) is 0 Å². The third kappa shape index (κ3) is 2.48. The number of pyridine rings is 1. The Morgan fingerprint density at radius 1 is 0.895 bits per heavy atom. The Kier molecular flexibility index (Phi) is 3.49. The lowest BCUT2D eigenvalue weighted by Crippen LogP contribution is -1.97. The molecule has 3 aromatic rings. The van der Waals surface area contributed by atoms with E-state index in [2.05, 4.69) is 41.4 Å². The predicted molar refractivity (Wildman–Crippen MR) is 80.2 cm³/mol. The number of fused-ring (bicyclic) bond motifs is 1. The first-order chi connectivity index (χ1) is 9.38. The van der Waals surface area contributed by atoms with Crippen molar-refractivity contribution in [1.82, 2.24) is 4.98 Å². The van der Waals surface area contributed by atoms with Crippen molar-refractivity contribution < 1.29 is 0 Å². The zero-order valence-corrected chi connectivity index (χ0v) is 11.2. The summed E-state index contributed by atoms with van der Waals surface area (Å²) in [6.07, 6.45) is 3.64. The highest BCUT2D eigenvalue weighted by atomic mass is 32.2. The van der Waals surface area contributed by atoms with E-state index in [1.807, 2.05) is 24.5 Å². The first-order valence-corrected chi connectivity index (χ1v) is 6.98. The second-order valence-corrected chi connectivity index (χ2v) is 5.37. The molecule has 0 amide bonds. The zero-order valence-electron chi connectivity index (χ0n) is 10.4. The largest absolute Gasteiger partial charge is 0.326 e. The summed E-state index contributed by atoms with van der Waals surface area (Å²) < 4.78 is 0. The van der Waals surface area contributed by atoms with E-state index in [-0.39, 0.29) is 0 Å². The van der Waals surface area contributed by atoms with E-state index in [1.54, 1.807) is 11.8 Å². The van der Waals surface area contributed by atoms with Gasteiger partial charge in [-0.3, -0.25) is 4.98 Å². The van der Waals surface area contributed by atoms with E-state index >= 15 is 0 Å². The standard InChI is InChI=1S/C16H14N2S/c17-11-12-5-6-16(15-4-2-1-3-14(12)15)19-13-7-9-18-10-8-13/h1-10H,11,17H2. The monoisotopic (exact) mass is 266 g/mol. The van der Waals surface area contributed by atoms with Crippen LogP contribution in [-0.4, -0.2) is 4.98 Å². The highest BCUT2D eigenvalue weighted by molar-refractivity contribution is 7.99. The maximum absolute atomic E-state index is 5.80. The van der Waals surface area contributed by atoms with Crippen LogP contribution in [0.1, 0.15) is 5.56 Å². The molecule has 0 saturated heterocycles. The Morgan fingerprint density at radius 2 is 1.63 bits per heavy atom. The van der Waals surface area contributed by atoms with Crippen LogP contribution in [-0.2, 0) is 6.54 Å². The summed E-state index contributed by atoms with van der Waals surface area (Å²) in [5.41, 5.74) is 6.99. The van der Waals surface area contributed by atoms with Gasteiger partial charge in [-0.2, -0.15) is 0 Å². The van der Waals surface area contributed by atoms with E-state index in [1.165, 1.54) is 26.1 Å². The van der Waals surface area contributed by atoms with E-state index < -0.39 is 0 Å². The van der Waals surface area contributed by atoms with Gasteiger partial charge >= 0.3 is 0 Å². The Morgan fingerprint density at radius 3 is 2.37 bits per heavy atom. The number of hydrogen-bond acceptors (Lipinski definition) is 3. The van der Waals surface area contributed by atoms with Gasteiger partial charge in [0.2, 0.25) is 0 Å². The van der Waals surface area contributed by atoms with Crippen LogP contribution in [0.5, 0.6) is 0 Å². The Labute approximate surface area is 116 Å². The predicted octanol–water partition coefficient (Wildman–Crippen LogP) is 3.84. The molecule has 0 aliphatic rings. The second-order valence-electron chi connectivity index (χ2n) is 4.26. The molecule has 2 N–H and O–H groups in total. The summed E-state index contributed by atoms with van der Waals surface area (Å²) >= 11 is 1.76. The fourth-order valence-electron chi connectivity index (χ4n) is 2.13. The summed E-state index contributed by atoms with van der Waals surface area (Å²) in [6.45, 7) is 0.570. The van der Waals surface area contributed by atoms with Crippen LogP contribution in [0.15, 0.2) is 70.7 Å². The third-order valence-electron chi connectivity index (χ3n) is 3.07. The lowest BCUT2D eigenvalue weighted by atomic mass is 10.0. The van der Waals surface area contributed by atoms with Gasteiger partial charge in [-0.1, -0.05) is 42.1 Å². The molecule has 1 aromatic heterocycles. The van der Waals surface area contributed by atoms with Crippen molar-refractivity contribution >= 4 is 22.5 Å². The average molecular weight is 266 g/mol. The SMILES string of the molecule is NCc1ccc(Sc2ccncc2)c2ccccc12. The highest BCUT2D eigenvalue weighted by Gasteiger charge is 2.06. The molecule has 0 spiro atoms. The minimum absolute atomic E-state index is 0.570. The first kappa shape index (κ1) is 12.2. The molecule has 0 radical (unpaired) electrons. The maximum Gasteiger partial charge on any atom is 0.0279 e. The van der Waals surface area contributed by atoms with Gasteiger partial charge in [0.15, 0.2) is 0 Å². The Balaban J connectivity index is 2.10. The minimum atomic E-state index is 0.570.